The SMILES string of the molecule is CCCCOC1CC(c2ccccc2)C=C(c2ccccc2)S1. The molecule has 0 saturated heterocycles. The molecule has 0 aromatic heterocycles. The van der Waals surface area contributed by atoms with Crippen molar-refractivity contribution in [1.82, 2.24) is 0 Å². The first-order valence-electron chi connectivity index (χ1n) is 8.47. The standard InChI is InChI=1S/C21H24OS/c1-2-3-14-22-21-16-19(17-10-6-4-7-11-17)15-20(23-21)18-12-8-5-9-13-18/h4-13,15,19,21H,2-3,14,16H2,1H3. The van der Waals surface area contributed by atoms with Crippen LogP contribution in [0.5, 0.6) is 0 Å². The average molecular weight is 324 g/mol. The molecule has 2 heteroatoms. The summed E-state index contributed by atoms with van der Waals surface area (Å²) in [5, 5.41) is 0. The molecule has 0 radical (unpaired) electrons. The van der Waals surface area contributed by atoms with E-state index in [4.69, 9.17) is 4.74 Å². The molecule has 1 nitrogen and oxygen atoms in total. The van der Waals surface area contributed by atoms with Crippen molar-refractivity contribution < 1.29 is 4.74 Å². The van der Waals surface area contributed by atoms with Crippen molar-refractivity contribution >= 4 is 16.7 Å². The van der Waals surface area contributed by atoms with Gasteiger partial charge in [-0.05, 0) is 24.0 Å². The molecule has 2 unspecified atom stereocenters. The molecule has 2 atom stereocenters. The van der Waals surface area contributed by atoms with Gasteiger partial charge in [0.25, 0.3) is 0 Å². The van der Waals surface area contributed by atoms with Gasteiger partial charge in [-0.2, -0.15) is 0 Å². The summed E-state index contributed by atoms with van der Waals surface area (Å²) in [5.41, 5.74) is 2.92. The first-order valence-corrected chi connectivity index (χ1v) is 9.35. The summed E-state index contributed by atoms with van der Waals surface area (Å²) in [6, 6.07) is 21.4. The number of hydrogen-bond acceptors (Lipinski definition) is 2. The normalized spacial score (nSPS) is 21.0. The van der Waals surface area contributed by atoms with Crippen LogP contribution in [0.3, 0.4) is 0 Å². The van der Waals surface area contributed by atoms with Crippen LogP contribution in [0.15, 0.2) is 66.7 Å². The third-order valence-electron chi connectivity index (χ3n) is 4.15. The lowest BCUT2D eigenvalue weighted by atomic mass is 9.94. The molecule has 0 fully saturated rings. The van der Waals surface area contributed by atoms with Crippen molar-refractivity contribution in [2.75, 3.05) is 6.61 Å². The van der Waals surface area contributed by atoms with Crippen LogP contribution in [-0.2, 0) is 4.74 Å². The maximum atomic E-state index is 6.15. The molecule has 120 valence electrons. The van der Waals surface area contributed by atoms with Crippen molar-refractivity contribution in [3.05, 3.63) is 77.9 Å². The Morgan fingerprint density at radius 2 is 1.70 bits per heavy atom. The smallest absolute Gasteiger partial charge is 0.108 e. The molecule has 1 aliphatic heterocycles. The second-order valence-electron chi connectivity index (χ2n) is 5.92. The highest BCUT2D eigenvalue weighted by Gasteiger charge is 2.25. The van der Waals surface area contributed by atoms with Crippen molar-refractivity contribution in [3.8, 4) is 0 Å². The van der Waals surface area contributed by atoms with Crippen LogP contribution in [-0.4, -0.2) is 12.0 Å². The Balaban J connectivity index is 1.82. The predicted molar refractivity (Wildman–Crippen MR) is 100 cm³/mol. The van der Waals surface area contributed by atoms with Gasteiger partial charge >= 0.3 is 0 Å². The summed E-state index contributed by atoms with van der Waals surface area (Å²) >= 11 is 1.87. The molecule has 3 rings (SSSR count). The van der Waals surface area contributed by atoms with Gasteiger partial charge in [-0.3, -0.25) is 0 Å². The zero-order valence-corrected chi connectivity index (χ0v) is 14.5. The molecular weight excluding hydrogens is 300 g/mol. The van der Waals surface area contributed by atoms with Crippen molar-refractivity contribution in [1.29, 1.82) is 0 Å². The van der Waals surface area contributed by atoms with E-state index in [0.29, 0.717) is 5.92 Å². The van der Waals surface area contributed by atoms with E-state index in [1.165, 1.54) is 22.5 Å². The topological polar surface area (TPSA) is 9.23 Å². The summed E-state index contributed by atoms with van der Waals surface area (Å²) in [5.74, 6) is 0.430. The highest BCUT2D eigenvalue weighted by molar-refractivity contribution is 8.08. The second-order valence-corrected chi connectivity index (χ2v) is 7.12. The first-order chi connectivity index (χ1) is 11.4. The third-order valence-corrected chi connectivity index (χ3v) is 5.36. The maximum Gasteiger partial charge on any atom is 0.108 e. The van der Waals surface area contributed by atoms with Gasteiger partial charge in [0.2, 0.25) is 0 Å². The minimum absolute atomic E-state index is 0.243. The fourth-order valence-corrected chi connectivity index (χ4v) is 4.11. The monoisotopic (exact) mass is 324 g/mol. The Hall–Kier alpha value is -1.51. The number of rotatable bonds is 6. The molecule has 1 aliphatic rings. The third kappa shape index (κ3) is 4.49. The molecule has 0 saturated carbocycles. The van der Waals surface area contributed by atoms with Gasteiger partial charge in [-0.1, -0.05) is 91.8 Å². The highest BCUT2D eigenvalue weighted by atomic mass is 32.2. The largest absolute Gasteiger partial charge is 0.367 e. The average Bonchev–Trinajstić information content (AvgIpc) is 2.63. The number of thioether (sulfide) groups is 1. The quantitative estimate of drug-likeness (QED) is 0.594. The number of ether oxygens (including phenoxy) is 1. The summed E-state index contributed by atoms with van der Waals surface area (Å²) in [6.07, 6.45) is 5.78. The van der Waals surface area contributed by atoms with Gasteiger partial charge in [0.05, 0.1) is 0 Å². The Morgan fingerprint density at radius 1 is 1.00 bits per heavy atom. The number of hydrogen-bond donors (Lipinski definition) is 0. The van der Waals surface area contributed by atoms with E-state index in [9.17, 15) is 0 Å². The van der Waals surface area contributed by atoms with Crippen LogP contribution in [0.1, 0.15) is 43.2 Å². The molecule has 2 aromatic carbocycles. The van der Waals surface area contributed by atoms with Crippen molar-refractivity contribution in [2.45, 2.75) is 37.5 Å². The molecule has 2 aromatic rings. The van der Waals surface area contributed by atoms with E-state index in [1.807, 2.05) is 11.8 Å². The zero-order chi connectivity index (χ0) is 15.9. The number of allylic oxidation sites excluding steroid dienone is 1. The number of unbranched alkanes of at least 4 members (excludes halogenated alkanes) is 1. The Kier molecular flexibility index (Phi) is 5.95. The van der Waals surface area contributed by atoms with Gasteiger partial charge < -0.3 is 4.74 Å². The molecule has 23 heavy (non-hydrogen) atoms. The summed E-state index contributed by atoms with van der Waals surface area (Å²) < 4.78 is 6.15. The molecule has 0 bridgehead atoms. The first kappa shape index (κ1) is 16.4. The van der Waals surface area contributed by atoms with Gasteiger partial charge in [0.15, 0.2) is 0 Å². The molecular formula is C21H24OS. The van der Waals surface area contributed by atoms with E-state index < -0.39 is 0 Å². The predicted octanol–water partition coefficient (Wildman–Crippen LogP) is 6.09. The van der Waals surface area contributed by atoms with Gasteiger partial charge in [0.1, 0.15) is 5.44 Å². The van der Waals surface area contributed by atoms with E-state index >= 15 is 0 Å². The minimum atomic E-state index is 0.243. The van der Waals surface area contributed by atoms with E-state index in [2.05, 4.69) is 73.7 Å². The Labute approximate surface area is 143 Å². The lowest BCUT2D eigenvalue weighted by Gasteiger charge is -2.28. The molecule has 1 heterocycles. The molecule has 0 N–H and O–H groups in total. The summed E-state index contributed by atoms with van der Waals surface area (Å²) in [4.78, 5) is 1.34. The fourth-order valence-electron chi connectivity index (χ4n) is 2.85. The zero-order valence-electron chi connectivity index (χ0n) is 13.7. The highest BCUT2D eigenvalue weighted by Crippen LogP contribution is 2.43. The second kappa shape index (κ2) is 8.37. The Morgan fingerprint density at radius 3 is 2.39 bits per heavy atom. The summed E-state index contributed by atoms with van der Waals surface area (Å²) in [7, 11) is 0. The molecule has 0 aliphatic carbocycles. The van der Waals surface area contributed by atoms with Crippen LogP contribution in [0.25, 0.3) is 4.91 Å². The van der Waals surface area contributed by atoms with Crippen molar-refractivity contribution in [3.63, 3.8) is 0 Å². The van der Waals surface area contributed by atoms with Crippen LogP contribution < -0.4 is 0 Å². The molecule has 0 amide bonds. The van der Waals surface area contributed by atoms with Gasteiger partial charge in [0, 0.05) is 17.4 Å². The lowest BCUT2D eigenvalue weighted by molar-refractivity contribution is 0.102. The van der Waals surface area contributed by atoms with E-state index in [0.717, 1.165) is 19.4 Å². The van der Waals surface area contributed by atoms with Crippen molar-refractivity contribution in [2.24, 2.45) is 0 Å². The van der Waals surface area contributed by atoms with Gasteiger partial charge in [-0.15, -0.1) is 0 Å². The minimum Gasteiger partial charge on any atom is -0.367 e. The van der Waals surface area contributed by atoms with Crippen LogP contribution >= 0.6 is 11.8 Å². The number of benzene rings is 2. The van der Waals surface area contributed by atoms with Crippen LogP contribution in [0.2, 0.25) is 0 Å². The van der Waals surface area contributed by atoms with Crippen LogP contribution in [0, 0.1) is 0 Å². The Bertz CT molecular complexity index is 621. The van der Waals surface area contributed by atoms with E-state index in [1.54, 1.807) is 0 Å². The van der Waals surface area contributed by atoms with E-state index in [-0.39, 0.29) is 5.44 Å². The summed E-state index contributed by atoms with van der Waals surface area (Å²) in [6.45, 7) is 3.07. The maximum absolute atomic E-state index is 6.15. The van der Waals surface area contributed by atoms with Gasteiger partial charge in [-0.25, -0.2) is 0 Å². The fraction of sp³-hybridized carbons (Fsp3) is 0.333. The lowest BCUT2D eigenvalue weighted by Crippen LogP contribution is -2.17. The molecule has 0 spiro atoms. The van der Waals surface area contributed by atoms with Crippen LogP contribution in [0.4, 0.5) is 0 Å².